The third-order valence-electron chi connectivity index (χ3n) is 3.68. The summed E-state index contributed by atoms with van der Waals surface area (Å²) in [6.07, 6.45) is 8.66. The minimum Gasteiger partial charge on any atom is -0.309 e. The van der Waals surface area contributed by atoms with E-state index in [9.17, 15) is 0 Å². The highest BCUT2D eigenvalue weighted by Crippen LogP contribution is 2.36. The Kier molecular flexibility index (Phi) is 5.64. The maximum atomic E-state index is 4.62. The smallest absolute Gasteiger partial charge is 0.0718 e. The van der Waals surface area contributed by atoms with Crippen molar-refractivity contribution in [1.29, 1.82) is 0 Å². The molecule has 0 aliphatic heterocycles. The molecule has 0 aromatic carbocycles. The molecule has 1 saturated carbocycles. The van der Waals surface area contributed by atoms with Crippen LogP contribution in [-0.4, -0.2) is 11.5 Å². The predicted octanol–water partition coefficient (Wildman–Crippen LogP) is 4.84. The first-order chi connectivity index (χ1) is 8.72. The second kappa shape index (κ2) is 7.01. The summed E-state index contributed by atoms with van der Waals surface area (Å²) in [7, 11) is 0. The molecule has 4 heteroatoms. The lowest BCUT2D eigenvalue weighted by Crippen LogP contribution is -2.30. The highest BCUT2D eigenvalue weighted by molar-refractivity contribution is 9.11. The maximum Gasteiger partial charge on any atom is 0.0718 e. The summed E-state index contributed by atoms with van der Waals surface area (Å²) in [5.41, 5.74) is 1.16. The molecule has 0 bridgehead atoms. The molecule has 0 spiro atoms. The SMILES string of the molecule is CCNC(c1ncc(Br)cc1Br)C1CCCCC1. The normalized spacial score (nSPS) is 18.8. The molecule has 1 atom stereocenters. The Morgan fingerprint density at radius 3 is 2.67 bits per heavy atom. The van der Waals surface area contributed by atoms with Gasteiger partial charge in [0.1, 0.15) is 0 Å². The fourth-order valence-corrected chi connectivity index (χ4v) is 4.06. The average Bonchev–Trinajstić information content (AvgIpc) is 2.38. The Balaban J connectivity index is 2.22. The summed E-state index contributed by atoms with van der Waals surface area (Å²) >= 11 is 7.12. The van der Waals surface area contributed by atoms with Crippen molar-refractivity contribution in [3.05, 3.63) is 26.9 Å². The van der Waals surface area contributed by atoms with E-state index >= 15 is 0 Å². The summed E-state index contributed by atoms with van der Waals surface area (Å²) in [4.78, 5) is 4.62. The van der Waals surface area contributed by atoms with E-state index in [0.29, 0.717) is 6.04 Å². The Morgan fingerprint density at radius 1 is 1.33 bits per heavy atom. The second-order valence-corrected chi connectivity index (χ2v) is 6.72. The molecule has 18 heavy (non-hydrogen) atoms. The van der Waals surface area contributed by atoms with Gasteiger partial charge in [-0.25, -0.2) is 0 Å². The Hall–Kier alpha value is 0.0700. The molecule has 2 rings (SSSR count). The van der Waals surface area contributed by atoms with Gasteiger partial charge in [0.25, 0.3) is 0 Å². The van der Waals surface area contributed by atoms with E-state index in [0.717, 1.165) is 27.1 Å². The lowest BCUT2D eigenvalue weighted by Gasteiger charge is -2.31. The molecule has 1 aromatic rings. The summed E-state index contributed by atoms with van der Waals surface area (Å²) < 4.78 is 2.13. The molecule has 100 valence electrons. The molecule has 0 radical (unpaired) electrons. The van der Waals surface area contributed by atoms with Gasteiger partial charge in [0, 0.05) is 15.1 Å². The van der Waals surface area contributed by atoms with Gasteiger partial charge in [0.15, 0.2) is 0 Å². The first-order valence-corrected chi connectivity index (χ1v) is 8.35. The highest BCUT2D eigenvalue weighted by atomic mass is 79.9. The van der Waals surface area contributed by atoms with Crippen molar-refractivity contribution >= 4 is 31.9 Å². The number of pyridine rings is 1. The molecule has 1 aliphatic carbocycles. The first-order valence-electron chi connectivity index (χ1n) is 6.76. The monoisotopic (exact) mass is 374 g/mol. The van der Waals surface area contributed by atoms with Gasteiger partial charge in [-0.3, -0.25) is 4.98 Å². The first kappa shape index (κ1) is 14.5. The quantitative estimate of drug-likeness (QED) is 0.814. The van der Waals surface area contributed by atoms with Crippen LogP contribution in [0.25, 0.3) is 0 Å². The molecule has 1 aromatic heterocycles. The number of halogens is 2. The van der Waals surface area contributed by atoms with Crippen LogP contribution in [0.5, 0.6) is 0 Å². The van der Waals surface area contributed by atoms with Crippen molar-refractivity contribution in [2.45, 2.75) is 45.1 Å². The molecular weight excluding hydrogens is 356 g/mol. The standard InChI is InChI=1S/C14H20Br2N2/c1-2-17-13(10-6-4-3-5-7-10)14-12(16)8-11(15)9-18-14/h8-10,13,17H,2-7H2,1H3. The summed E-state index contributed by atoms with van der Waals surface area (Å²) in [6, 6.07) is 2.48. The number of nitrogens with one attached hydrogen (secondary N) is 1. The van der Waals surface area contributed by atoms with Crippen molar-refractivity contribution in [2.75, 3.05) is 6.54 Å². The second-order valence-electron chi connectivity index (χ2n) is 4.95. The minimum atomic E-state index is 0.387. The summed E-state index contributed by atoms with van der Waals surface area (Å²) in [5, 5.41) is 3.62. The van der Waals surface area contributed by atoms with Gasteiger partial charge in [0.05, 0.1) is 11.7 Å². The van der Waals surface area contributed by atoms with Gasteiger partial charge in [-0.2, -0.15) is 0 Å². The molecule has 1 fully saturated rings. The number of hydrogen-bond acceptors (Lipinski definition) is 2. The van der Waals surface area contributed by atoms with E-state index < -0.39 is 0 Å². The lowest BCUT2D eigenvalue weighted by molar-refractivity contribution is 0.270. The van der Waals surface area contributed by atoms with Crippen LogP contribution in [0.2, 0.25) is 0 Å². The van der Waals surface area contributed by atoms with E-state index in [1.54, 1.807) is 0 Å². The molecule has 0 amide bonds. The van der Waals surface area contributed by atoms with Gasteiger partial charge < -0.3 is 5.32 Å². The van der Waals surface area contributed by atoms with Crippen LogP contribution in [0.4, 0.5) is 0 Å². The fourth-order valence-electron chi connectivity index (χ4n) is 2.83. The van der Waals surface area contributed by atoms with Crippen LogP contribution in [0, 0.1) is 5.92 Å². The Bertz CT molecular complexity index is 389. The molecule has 1 unspecified atom stereocenters. The van der Waals surface area contributed by atoms with Crippen LogP contribution in [0.15, 0.2) is 21.2 Å². The van der Waals surface area contributed by atoms with Gasteiger partial charge in [-0.05, 0) is 63.2 Å². The molecule has 2 nitrogen and oxygen atoms in total. The van der Waals surface area contributed by atoms with Crippen molar-refractivity contribution in [3.8, 4) is 0 Å². The van der Waals surface area contributed by atoms with Crippen LogP contribution in [0.1, 0.15) is 50.8 Å². The molecule has 1 N–H and O–H groups in total. The molecule has 0 saturated heterocycles. The molecule has 1 aliphatic rings. The third-order valence-corrected chi connectivity index (χ3v) is 4.74. The van der Waals surface area contributed by atoms with Gasteiger partial charge in [0.2, 0.25) is 0 Å². The van der Waals surface area contributed by atoms with Gasteiger partial charge in [-0.15, -0.1) is 0 Å². The largest absolute Gasteiger partial charge is 0.309 e. The zero-order valence-electron chi connectivity index (χ0n) is 10.8. The van der Waals surface area contributed by atoms with Crippen LogP contribution in [0.3, 0.4) is 0 Å². The topological polar surface area (TPSA) is 24.9 Å². The fraction of sp³-hybridized carbons (Fsp3) is 0.643. The lowest BCUT2D eigenvalue weighted by atomic mass is 9.82. The zero-order valence-corrected chi connectivity index (χ0v) is 13.9. The van der Waals surface area contributed by atoms with E-state index in [2.05, 4.69) is 55.2 Å². The summed E-state index contributed by atoms with van der Waals surface area (Å²) in [6.45, 7) is 3.16. The summed E-state index contributed by atoms with van der Waals surface area (Å²) in [5.74, 6) is 0.726. The number of rotatable bonds is 4. The van der Waals surface area contributed by atoms with Crippen molar-refractivity contribution in [2.24, 2.45) is 5.92 Å². The number of hydrogen-bond donors (Lipinski definition) is 1. The average molecular weight is 376 g/mol. The van der Waals surface area contributed by atoms with E-state index in [1.807, 2.05) is 6.20 Å². The number of aromatic nitrogens is 1. The van der Waals surface area contributed by atoms with Crippen LogP contribution >= 0.6 is 31.9 Å². The third kappa shape index (κ3) is 3.55. The maximum absolute atomic E-state index is 4.62. The minimum absolute atomic E-state index is 0.387. The predicted molar refractivity (Wildman–Crippen MR) is 82.6 cm³/mol. The van der Waals surface area contributed by atoms with E-state index in [4.69, 9.17) is 0 Å². The van der Waals surface area contributed by atoms with E-state index in [1.165, 1.54) is 32.1 Å². The van der Waals surface area contributed by atoms with E-state index in [-0.39, 0.29) is 0 Å². The van der Waals surface area contributed by atoms with Crippen molar-refractivity contribution in [1.82, 2.24) is 10.3 Å². The van der Waals surface area contributed by atoms with Crippen molar-refractivity contribution in [3.63, 3.8) is 0 Å². The number of nitrogens with zero attached hydrogens (tertiary/aromatic N) is 1. The Morgan fingerprint density at radius 2 is 2.06 bits per heavy atom. The zero-order chi connectivity index (χ0) is 13.0. The highest BCUT2D eigenvalue weighted by Gasteiger charge is 2.26. The molecular formula is C14H20Br2N2. The van der Waals surface area contributed by atoms with Gasteiger partial charge >= 0.3 is 0 Å². The van der Waals surface area contributed by atoms with Crippen molar-refractivity contribution < 1.29 is 0 Å². The molecule has 1 heterocycles. The van der Waals surface area contributed by atoms with Gasteiger partial charge in [-0.1, -0.05) is 26.2 Å². The Labute approximate surface area is 126 Å². The van der Waals surface area contributed by atoms with Crippen LogP contribution in [-0.2, 0) is 0 Å². The van der Waals surface area contributed by atoms with Crippen LogP contribution < -0.4 is 5.32 Å².